The molecule has 0 spiro atoms. The summed E-state index contributed by atoms with van der Waals surface area (Å²) in [5.74, 6) is 0.679. The molecule has 0 amide bonds. The maximum Gasteiger partial charge on any atom is 0.119 e. The molecule has 0 bridgehead atoms. The zero-order valence-electron chi connectivity index (χ0n) is 14.4. The highest BCUT2D eigenvalue weighted by Crippen LogP contribution is 2.21. The highest BCUT2D eigenvalue weighted by Gasteiger charge is 2.03. The van der Waals surface area contributed by atoms with E-state index in [0.29, 0.717) is 17.7 Å². The van der Waals surface area contributed by atoms with Crippen molar-refractivity contribution in [1.82, 2.24) is 15.1 Å². The van der Waals surface area contributed by atoms with Gasteiger partial charge in [0.1, 0.15) is 12.4 Å². The Balaban J connectivity index is 0.000000505. The van der Waals surface area contributed by atoms with E-state index in [0.717, 1.165) is 11.3 Å². The quantitative estimate of drug-likeness (QED) is 0.853. The number of nitrogens with two attached hydrogens (primary N) is 1. The molecule has 0 aliphatic carbocycles. The lowest BCUT2D eigenvalue weighted by Crippen LogP contribution is -2.10. The van der Waals surface area contributed by atoms with Gasteiger partial charge >= 0.3 is 0 Å². The van der Waals surface area contributed by atoms with E-state index in [1.54, 1.807) is 10.9 Å². The standard InChI is InChI=1S/C14H16FN3O.C4H9N/c1-18-14(6-7-17-18)12-2-4-13(5-3-12)19-10-11(8-15)9-16;1-3-4-5-2/h2-8H,9-10,16H2,1H3;3-5H,1-2H3/b11-8-;4-3-. The fourth-order valence-electron chi connectivity index (χ4n) is 1.86. The summed E-state index contributed by atoms with van der Waals surface area (Å²) < 4.78 is 19.6. The monoisotopic (exact) mass is 332 g/mol. The van der Waals surface area contributed by atoms with E-state index in [2.05, 4.69) is 10.4 Å². The third-order valence-corrected chi connectivity index (χ3v) is 3.15. The Kier molecular flexibility index (Phi) is 8.93. The number of allylic oxidation sites excluding steroid dienone is 1. The molecule has 2 rings (SSSR count). The van der Waals surface area contributed by atoms with Crippen molar-refractivity contribution in [3.05, 3.63) is 60.7 Å². The van der Waals surface area contributed by atoms with E-state index in [1.165, 1.54) is 0 Å². The largest absolute Gasteiger partial charge is 0.489 e. The van der Waals surface area contributed by atoms with Gasteiger partial charge in [-0.3, -0.25) is 4.68 Å². The van der Waals surface area contributed by atoms with Gasteiger partial charge in [0, 0.05) is 38.0 Å². The number of nitrogens with one attached hydrogen (secondary N) is 1. The molecule has 2 aromatic rings. The van der Waals surface area contributed by atoms with Crippen LogP contribution in [0.15, 0.2) is 60.7 Å². The second-order valence-corrected chi connectivity index (χ2v) is 4.91. The van der Waals surface area contributed by atoms with Crippen molar-refractivity contribution in [1.29, 1.82) is 0 Å². The molecule has 0 unspecified atom stereocenters. The highest BCUT2D eigenvalue weighted by molar-refractivity contribution is 5.60. The number of hydrogen-bond donors (Lipinski definition) is 2. The smallest absolute Gasteiger partial charge is 0.119 e. The van der Waals surface area contributed by atoms with Crippen LogP contribution in [0.3, 0.4) is 0 Å². The van der Waals surface area contributed by atoms with Crippen molar-refractivity contribution in [2.75, 3.05) is 20.2 Å². The summed E-state index contributed by atoms with van der Waals surface area (Å²) in [7, 11) is 3.76. The summed E-state index contributed by atoms with van der Waals surface area (Å²) in [6.07, 6.45) is 6.06. The number of nitrogens with zero attached hydrogens (tertiary/aromatic N) is 2. The maximum absolute atomic E-state index is 12.3. The highest BCUT2D eigenvalue weighted by atomic mass is 19.1. The molecule has 0 aliphatic heterocycles. The number of benzene rings is 1. The van der Waals surface area contributed by atoms with E-state index in [1.807, 2.05) is 63.6 Å². The number of ether oxygens (including phenoxy) is 1. The van der Waals surface area contributed by atoms with E-state index in [-0.39, 0.29) is 13.2 Å². The number of rotatable bonds is 6. The molecule has 1 aromatic carbocycles. The van der Waals surface area contributed by atoms with Crippen LogP contribution in [-0.4, -0.2) is 30.0 Å². The fraction of sp³-hybridized carbons (Fsp3) is 0.278. The zero-order valence-corrected chi connectivity index (χ0v) is 14.4. The van der Waals surface area contributed by atoms with Gasteiger partial charge in [0.2, 0.25) is 0 Å². The molecule has 0 radical (unpaired) electrons. The minimum absolute atomic E-state index is 0.156. The number of aryl methyl sites for hydroxylation is 1. The molecule has 130 valence electrons. The Labute approximate surface area is 142 Å². The van der Waals surface area contributed by atoms with Crippen molar-refractivity contribution in [2.24, 2.45) is 12.8 Å². The van der Waals surface area contributed by atoms with Gasteiger partial charge in [-0.15, -0.1) is 0 Å². The van der Waals surface area contributed by atoms with Gasteiger partial charge in [-0.25, -0.2) is 4.39 Å². The van der Waals surface area contributed by atoms with Gasteiger partial charge in [0.25, 0.3) is 0 Å². The van der Waals surface area contributed by atoms with Crippen molar-refractivity contribution < 1.29 is 9.13 Å². The van der Waals surface area contributed by atoms with E-state index in [9.17, 15) is 4.39 Å². The Bertz CT molecular complexity index is 647. The summed E-state index contributed by atoms with van der Waals surface area (Å²) in [5.41, 5.74) is 7.86. The predicted molar refractivity (Wildman–Crippen MR) is 96.3 cm³/mol. The first-order chi connectivity index (χ1) is 11.7. The van der Waals surface area contributed by atoms with Crippen molar-refractivity contribution in [3.63, 3.8) is 0 Å². The average molecular weight is 332 g/mol. The molecule has 6 heteroatoms. The first kappa shape index (κ1) is 19.4. The molecule has 0 aliphatic rings. The topological polar surface area (TPSA) is 65.1 Å². The van der Waals surface area contributed by atoms with Crippen LogP contribution < -0.4 is 15.8 Å². The Morgan fingerprint density at radius 3 is 2.46 bits per heavy atom. The van der Waals surface area contributed by atoms with E-state index in [4.69, 9.17) is 10.5 Å². The van der Waals surface area contributed by atoms with Crippen LogP contribution in [-0.2, 0) is 7.05 Å². The molecule has 1 aromatic heterocycles. The van der Waals surface area contributed by atoms with E-state index >= 15 is 0 Å². The summed E-state index contributed by atoms with van der Waals surface area (Å²) in [5, 5.41) is 6.96. The van der Waals surface area contributed by atoms with Crippen molar-refractivity contribution in [2.45, 2.75) is 6.92 Å². The van der Waals surface area contributed by atoms with Crippen LogP contribution in [0.5, 0.6) is 5.75 Å². The summed E-state index contributed by atoms with van der Waals surface area (Å²) >= 11 is 0. The maximum atomic E-state index is 12.3. The van der Waals surface area contributed by atoms with E-state index < -0.39 is 0 Å². The number of halogens is 1. The SMILES string of the molecule is C/C=C\NC.Cn1nccc1-c1ccc(OC/C(=C\F)CN)cc1. The van der Waals surface area contributed by atoms with Crippen LogP contribution in [0.4, 0.5) is 4.39 Å². The Hall–Kier alpha value is -2.60. The van der Waals surface area contributed by atoms with Gasteiger partial charge in [-0.1, -0.05) is 6.08 Å². The summed E-state index contributed by atoms with van der Waals surface area (Å²) in [4.78, 5) is 0. The van der Waals surface area contributed by atoms with Gasteiger partial charge in [0.05, 0.1) is 12.0 Å². The molecule has 1 heterocycles. The molecule has 24 heavy (non-hydrogen) atoms. The first-order valence-corrected chi connectivity index (χ1v) is 7.64. The molecule has 5 nitrogen and oxygen atoms in total. The molecule has 0 atom stereocenters. The Morgan fingerprint density at radius 2 is 2.04 bits per heavy atom. The minimum atomic E-state index is 0.156. The van der Waals surface area contributed by atoms with Gasteiger partial charge in [0.15, 0.2) is 0 Å². The van der Waals surface area contributed by atoms with Gasteiger partial charge < -0.3 is 15.8 Å². The normalized spacial score (nSPS) is 11.1. The molecule has 0 saturated carbocycles. The predicted octanol–water partition coefficient (Wildman–Crippen LogP) is 3.02. The lowest BCUT2D eigenvalue weighted by Gasteiger charge is -2.08. The Morgan fingerprint density at radius 1 is 1.33 bits per heavy atom. The second-order valence-electron chi connectivity index (χ2n) is 4.91. The van der Waals surface area contributed by atoms with Crippen LogP contribution in [0.1, 0.15) is 6.92 Å². The summed E-state index contributed by atoms with van der Waals surface area (Å²) in [6, 6.07) is 9.50. The molecule has 3 N–H and O–H groups in total. The molecular weight excluding hydrogens is 307 g/mol. The average Bonchev–Trinajstić information content (AvgIpc) is 3.04. The van der Waals surface area contributed by atoms with Crippen LogP contribution in [0.2, 0.25) is 0 Å². The van der Waals surface area contributed by atoms with Crippen LogP contribution in [0.25, 0.3) is 11.3 Å². The third-order valence-electron chi connectivity index (χ3n) is 3.15. The fourth-order valence-corrected chi connectivity index (χ4v) is 1.86. The van der Waals surface area contributed by atoms with Crippen LogP contribution in [0, 0.1) is 0 Å². The lowest BCUT2D eigenvalue weighted by atomic mass is 10.1. The number of aromatic nitrogens is 2. The van der Waals surface area contributed by atoms with Gasteiger partial charge in [-0.2, -0.15) is 5.10 Å². The molecule has 0 saturated heterocycles. The van der Waals surface area contributed by atoms with Gasteiger partial charge in [-0.05, 0) is 43.5 Å². The summed E-state index contributed by atoms with van der Waals surface area (Å²) in [6.45, 7) is 2.29. The number of hydrogen-bond acceptors (Lipinski definition) is 4. The second kappa shape index (κ2) is 11.0. The molecule has 0 fully saturated rings. The molecular formula is C18H25FN4O. The lowest BCUT2D eigenvalue weighted by molar-refractivity contribution is 0.347. The van der Waals surface area contributed by atoms with Crippen LogP contribution >= 0.6 is 0 Å². The zero-order chi connectivity index (χ0) is 17.8. The minimum Gasteiger partial charge on any atom is -0.489 e. The van der Waals surface area contributed by atoms with Crippen molar-refractivity contribution >= 4 is 0 Å². The third kappa shape index (κ3) is 6.26. The first-order valence-electron chi connectivity index (χ1n) is 7.64. The van der Waals surface area contributed by atoms with Crippen molar-refractivity contribution in [3.8, 4) is 17.0 Å².